The SMILES string of the molecule is CCOC1CC(N)(c2nc(-c3cccc4ccccc34)no2)C1(C)C. The Bertz CT molecular complexity index is 913. The van der Waals surface area contributed by atoms with Crippen LogP contribution >= 0.6 is 0 Å². The largest absolute Gasteiger partial charge is 0.378 e. The van der Waals surface area contributed by atoms with Gasteiger partial charge in [0.15, 0.2) is 0 Å². The minimum Gasteiger partial charge on any atom is -0.378 e. The van der Waals surface area contributed by atoms with Gasteiger partial charge in [0.25, 0.3) is 0 Å². The average Bonchev–Trinajstić information content (AvgIpc) is 3.11. The van der Waals surface area contributed by atoms with Crippen LogP contribution in [0.3, 0.4) is 0 Å². The summed E-state index contributed by atoms with van der Waals surface area (Å²) in [4.78, 5) is 4.66. The van der Waals surface area contributed by atoms with Gasteiger partial charge in [-0.2, -0.15) is 4.98 Å². The first-order valence-electron chi connectivity index (χ1n) is 8.70. The van der Waals surface area contributed by atoms with Crippen molar-refractivity contribution < 1.29 is 9.26 Å². The van der Waals surface area contributed by atoms with E-state index < -0.39 is 5.54 Å². The third-order valence-electron chi connectivity index (χ3n) is 5.67. The summed E-state index contributed by atoms with van der Waals surface area (Å²) in [5, 5.41) is 6.46. The van der Waals surface area contributed by atoms with Crippen LogP contribution in [0.25, 0.3) is 22.2 Å². The third kappa shape index (κ3) is 2.30. The summed E-state index contributed by atoms with van der Waals surface area (Å²) in [6, 6.07) is 14.3. The molecule has 2 N–H and O–H groups in total. The highest BCUT2D eigenvalue weighted by molar-refractivity contribution is 5.94. The van der Waals surface area contributed by atoms with Crippen molar-refractivity contribution in [1.82, 2.24) is 10.1 Å². The van der Waals surface area contributed by atoms with E-state index in [-0.39, 0.29) is 11.5 Å². The molecule has 1 fully saturated rings. The van der Waals surface area contributed by atoms with Gasteiger partial charge in [-0.25, -0.2) is 0 Å². The summed E-state index contributed by atoms with van der Waals surface area (Å²) < 4.78 is 11.4. The zero-order valence-electron chi connectivity index (χ0n) is 14.8. The topological polar surface area (TPSA) is 74.2 Å². The van der Waals surface area contributed by atoms with Gasteiger partial charge in [0.2, 0.25) is 11.7 Å². The van der Waals surface area contributed by atoms with E-state index in [1.54, 1.807) is 0 Å². The van der Waals surface area contributed by atoms with Crippen molar-refractivity contribution in [3.8, 4) is 11.4 Å². The number of ether oxygens (including phenoxy) is 1. The molecular formula is C20H23N3O2. The van der Waals surface area contributed by atoms with E-state index in [0.29, 0.717) is 24.7 Å². The van der Waals surface area contributed by atoms with E-state index in [1.165, 1.54) is 0 Å². The lowest BCUT2D eigenvalue weighted by atomic mass is 9.54. The molecule has 25 heavy (non-hydrogen) atoms. The number of aromatic nitrogens is 2. The van der Waals surface area contributed by atoms with Crippen LogP contribution in [-0.4, -0.2) is 22.9 Å². The molecule has 5 nitrogen and oxygen atoms in total. The maximum Gasteiger partial charge on any atom is 0.247 e. The van der Waals surface area contributed by atoms with Crippen molar-refractivity contribution in [1.29, 1.82) is 0 Å². The van der Waals surface area contributed by atoms with Gasteiger partial charge < -0.3 is 15.0 Å². The third-order valence-corrected chi connectivity index (χ3v) is 5.67. The maximum atomic E-state index is 6.65. The molecule has 0 aliphatic heterocycles. The van der Waals surface area contributed by atoms with Crippen LogP contribution in [0, 0.1) is 5.41 Å². The van der Waals surface area contributed by atoms with Gasteiger partial charge in [-0.05, 0) is 17.7 Å². The summed E-state index contributed by atoms with van der Waals surface area (Å²) >= 11 is 0. The molecule has 1 aromatic heterocycles. The van der Waals surface area contributed by atoms with E-state index in [0.717, 1.165) is 16.3 Å². The molecule has 5 heteroatoms. The number of benzene rings is 2. The van der Waals surface area contributed by atoms with Gasteiger partial charge in [0.05, 0.1) is 6.10 Å². The summed E-state index contributed by atoms with van der Waals surface area (Å²) in [6.45, 7) is 6.87. The van der Waals surface area contributed by atoms with E-state index in [4.69, 9.17) is 15.0 Å². The summed E-state index contributed by atoms with van der Waals surface area (Å²) in [7, 11) is 0. The smallest absolute Gasteiger partial charge is 0.247 e. The fraction of sp³-hybridized carbons (Fsp3) is 0.400. The molecule has 130 valence electrons. The molecule has 0 radical (unpaired) electrons. The van der Waals surface area contributed by atoms with Gasteiger partial charge in [-0.3, -0.25) is 0 Å². The number of hydrogen-bond acceptors (Lipinski definition) is 5. The van der Waals surface area contributed by atoms with Crippen LogP contribution in [0.4, 0.5) is 0 Å². The van der Waals surface area contributed by atoms with Crippen molar-refractivity contribution in [2.24, 2.45) is 11.1 Å². The van der Waals surface area contributed by atoms with Crippen molar-refractivity contribution in [2.45, 2.75) is 38.8 Å². The van der Waals surface area contributed by atoms with Crippen molar-refractivity contribution in [3.05, 3.63) is 48.4 Å². The Labute approximate surface area is 147 Å². The lowest BCUT2D eigenvalue weighted by Crippen LogP contribution is -2.67. The van der Waals surface area contributed by atoms with Crippen LogP contribution < -0.4 is 5.73 Å². The molecule has 1 aliphatic carbocycles. The predicted octanol–water partition coefficient (Wildman–Crippen LogP) is 3.88. The Morgan fingerprint density at radius 3 is 2.72 bits per heavy atom. The van der Waals surface area contributed by atoms with Crippen LogP contribution in [-0.2, 0) is 10.3 Å². The van der Waals surface area contributed by atoms with Crippen LogP contribution in [0.15, 0.2) is 47.0 Å². The lowest BCUT2D eigenvalue weighted by molar-refractivity contribution is -0.162. The minimum atomic E-state index is -0.664. The maximum absolute atomic E-state index is 6.65. The van der Waals surface area contributed by atoms with Gasteiger partial charge in [0, 0.05) is 24.0 Å². The first-order valence-corrected chi connectivity index (χ1v) is 8.70. The number of hydrogen-bond donors (Lipinski definition) is 1. The van der Waals surface area contributed by atoms with Crippen molar-refractivity contribution in [2.75, 3.05) is 6.61 Å². The fourth-order valence-electron chi connectivity index (χ4n) is 3.73. The molecule has 1 saturated carbocycles. The summed E-state index contributed by atoms with van der Waals surface area (Å²) in [5.74, 6) is 1.06. The van der Waals surface area contributed by atoms with Crippen LogP contribution in [0.2, 0.25) is 0 Å². The standard InChI is InChI=1S/C20H23N3O2/c1-4-24-16-12-20(21,19(16,2)3)18-22-17(23-25-18)15-11-7-9-13-8-5-6-10-14(13)15/h5-11,16H,4,12,21H2,1-3H3. The predicted molar refractivity (Wildman–Crippen MR) is 96.9 cm³/mol. The monoisotopic (exact) mass is 337 g/mol. The first-order chi connectivity index (χ1) is 12.0. The Hall–Kier alpha value is -2.24. The number of fused-ring (bicyclic) bond motifs is 1. The number of nitrogens with zero attached hydrogens (tertiary/aromatic N) is 2. The highest BCUT2D eigenvalue weighted by Crippen LogP contribution is 2.55. The Morgan fingerprint density at radius 2 is 1.96 bits per heavy atom. The Balaban J connectivity index is 1.72. The van der Waals surface area contributed by atoms with Crippen molar-refractivity contribution >= 4 is 10.8 Å². The summed E-state index contributed by atoms with van der Waals surface area (Å²) in [6.07, 6.45) is 0.792. The van der Waals surface area contributed by atoms with Gasteiger partial charge in [-0.1, -0.05) is 61.5 Å². The molecule has 2 aromatic carbocycles. The van der Waals surface area contributed by atoms with Gasteiger partial charge in [0.1, 0.15) is 5.54 Å². The second-order valence-electron chi connectivity index (χ2n) is 7.29. The molecule has 3 aromatic rings. The number of rotatable bonds is 4. The average molecular weight is 337 g/mol. The zero-order valence-corrected chi connectivity index (χ0v) is 14.8. The highest BCUT2D eigenvalue weighted by atomic mass is 16.5. The molecule has 4 rings (SSSR count). The normalized spacial score (nSPS) is 25.0. The van der Waals surface area contributed by atoms with E-state index in [9.17, 15) is 0 Å². The Kier molecular flexibility index (Phi) is 3.67. The highest BCUT2D eigenvalue weighted by Gasteiger charge is 2.62. The fourth-order valence-corrected chi connectivity index (χ4v) is 3.73. The van der Waals surface area contributed by atoms with Gasteiger partial charge >= 0.3 is 0 Å². The number of nitrogens with two attached hydrogens (primary N) is 1. The van der Waals surface area contributed by atoms with E-state index in [1.807, 2.05) is 31.2 Å². The first kappa shape index (κ1) is 16.2. The molecule has 1 aliphatic rings. The summed E-state index contributed by atoms with van der Waals surface area (Å²) in [5.41, 5.74) is 6.68. The van der Waals surface area contributed by atoms with Gasteiger partial charge in [-0.15, -0.1) is 0 Å². The molecular weight excluding hydrogens is 314 g/mol. The van der Waals surface area contributed by atoms with Crippen LogP contribution in [0.5, 0.6) is 0 Å². The molecule has 2 atom stereocenters. The molecule has 0 bridgehead atoms. The molecule has 0 amide bonds. The molecule has 0 saturated heterocycles. The lowest BCUT2D eigenvalue weighted by Gasteiger charge is -2.56. The molecule has 0 spiro atoms. The second-order valence-corrected chi connectivity index (χ2v) is 7.29. The zero-order chi connectivity index (χ0) is 17.7. The second kappa shape index (κ2) is 5.64. The Morgan fingerprint density at radius 1 is 1.20 bits per heavy atom. The minimum absolute atomic E-state index is 0.107. The van der Waals surface area contributed by atoms with E-state index in [2.05, 4.69) is 42.2 Å². The van der Waals surface area contributed by atoms with Crippen molar-refractivity contribution in [3.63, 3.8) is 0 Å². The van der Waals surface area contributed by atoms with E-state index >= 15 is 0 Å². The van der Waals surface area contributed by atoms with Crippen LogP contribution in [0.1, 0.15) is 33.1 Å². The molecule has 1 heterocycles. The molecule has 2 unspecified atom stereocenters. The quantitative estimate of drug-likeness (QED) is 0.782.